The molecular formula is C7H5BrFNS. The fourth-order valence-electron chi connectivity index (χ4n) is 0.689. The summed E-state index contributed by atoms with van der Waals surface area (Å²) in [4.78, 5) is 0.261. The van der Waals surface area contributed by atoms with Gasteiger partial charge in [-0.25, -0.2) is 4.39 Å². The van der Waals surface area contributed by atoms with E-state index in [1.807, 2.05) is 0 Å². The van der Waals surface area contributed by atoms with Crippen LogP contribution in [0.3, 0.4) is 0 Å². The maximum atomic E-state index is 12.5. The average Bonchev–Trinajstić information content (AvgIpc) is 1.85. The largest absolute Gasteiger partial charge is 0.389 e. The van der Waals surface area contributed by atoms with E-state index in [2.05, 4.69) is 15.9 Å². The van der Waals surface area contributed by atoms with Crippen molar-refractivity contribution in [3.8, 4) is 0 Å². The molecule has 58 valence electrons. The molecule has 1 aromatic rings. The quantitative estimate of drug-likeness (QED) is 0.754. The molecule has 4 heteroatoms. The molecule has 0 heterocycles. The molecule has 0 radical (unpaired) electrons. The second-order valence-electron chi connectivity index (χ2n) is 1.99. The Balaban J connectivity index is 3.20. The highest BCUT2D eigenvalue weighted by Crippen LogP contribution is 2.17. The van der Waals surface area contributed by atoms with E-state index in [0.717, 1.165) is 0 Å². The number of halogens is 2. The van der Waals surface area contributed by atoms with Crippen molar-refractivity contribution in [3.05, 3.63) is 34.1 Å². The van der Waals surface area contributed by atoms with Crippen LogP contribution < -0.4 is 5.73 Å². The molecule has 1 rings (SSSR count). The van der Waals surface area contributed by atoms with Gasteiger partial charge in [-0.1, -0.05) is 12.2 Å². The molecule has 0 spiro atoms. The number of rotatable bonds is 1. The van der Waals surface area contributed by atoms with Crippen molar-refractivity contribution in [2.24, 2.45) is 5.73 Å². The molecule has 1 nitrogen and oxygen atoms in total. The molecule has 0 saturated heterocycles. The van der Waals surface area contributed by atoms with E-state index >= 15 is 0 Å². The molecule has 0 aliphatic heterocycles. The van der Waals surface area contributed by atoms with Crippen LogP contribution in [0.5, 0.6) is 0 Å². The lowest BCUT2D eigenvalue weighted by Crippen LogP contribution is -2.09. The maximum Gasteiger partial charge on any atom is 0.124 e. The lowest BCUT2D eigenvalue weighted by atomic mass is 10.2. The lowest BCUT2D eigenvalue weighted by Gasteiger charge is -2.00. The van der Waals surface area contributed by atoms with E-state index in [0.29, 0.717) is 10.0 Å². The number of thiocarbonyl (C=S) groups is 1. The SMILES string of the molecule is NC(=S)c1ccc(F)cc1Br. The smallest absolute Gasteiger partial charge is 0.124 e. The Labute approximate surface area is 77.5 Å². The summed E-state index contributed by atoms with van der Waals surface area (Å²) in [5.74, 6) is -0.308. The molecule has 0 bridgehead atoms. The predicted octanol–water partition coefficient (Wildman–Crippen LogP) is 2.22. The first kappa shape index (κ1) is 8.62. The first-order chi connectivity index (χ1) is 5.11. The van der Waals surface area contributed by atoms with Gasteiger partial charge in [0.2, 0.25) is 0 Å². The molecular weight excluding hydrogens is 229 g/mol. The first-order valence-electron chi connectivity index (χ1n) is 2.86. The van der Waals surface area contributed by atoms with E-state index < -0.39 is 0 Å². The number of hydrogen-bond donors (Lipinski definition) is 1. The zero-order chi connectivity index (χ0) is 8.43. The Morgan fingerprint density at radius 3 is 2.64 bits per heavy atom. The van der Waals surface area contributed by atoms with Crippen molar-refractivity contribution in [3.63, 3.8) is 0 Å². The van der Waals surface area contributed by atoms with Crippen molar-refractivity contribution >= 4 is 33.1 Å². The van der Waals surface area contributed by atoms with E-state index in [9.17, 15) is 4.39 Å². The van der Waals surface area contributed by atoms with Crippen LogP contribution in [0, 0.1) is 5.82 Å². The third-order valence-corrected chi connectivity index (χ3v) is 2.07. The Morgan fingerprint density at radius 1 is 1.55 bits per heavy atom. The molecule has 0 aliphatic carbocycles. The highest BCUT2D eigenvalue weighted by Gasteiger charge is 2.02. The van der Waals surface area contributed by atoms with Crippen LogP contribution in [0.2, 0.25) is 0 Å². The Bertz CT molecular complexity index is 300. The van der Waals surface area contributed by atoms with Crippen molar-refractivity contribution in [2.45, 2.75) is 0 Å². The Kier molecular flexibility index (Phi) is 2.57. The van der Waals surface area contributed by atoms with Gasteiger partial charge in [0.25, 0.3) is 0 Å². The third-order valence-electron chi connectivity index (χ3n) is 1.20. The van der Waals surface area contributed by atoms with Crippen molar-refractivity contribution in [1.82, 2.24) is 0 Å². The van der Waals surface area contributed by atoms with Gasteiger partial charge in [0, 0.05) is 10.0 Å². The fourth-order valence-corrected chi connectivity index (χ4v) is 1.56. The summed E-state index contributed by atoms with van der Waals surface area (Å²) in [7, 11) is 0. The zero-order valence-electron chi connectivity index (χ0n) is 5.47. The zero-order valence-corrected chi connectivity index (χ0v) is 7.88. The molecule has 0 aliphatic rings. The average molecular weight is 234 g/mol. The molecule has 0 saturated carbocycles. The van der Waals surface area contributed by atoms with E-state index in [1.165, 1.54) is 12.1 Å². The summed E-state index contributed by atoms with van der Waals surface area (Å²) >= 11 is 7.86. The highest BCUT2D eigenvalue weighted by atomic mass is 79.9. The molecule has 2 N–H and O–H groups in total. The summed E-state index contributed by atoms with van der Waals surface area (Å²) < 4.78 is 13.1. The predicted molar refractivity (Wildman–Crippen MR) is 50.0 cm³/mol. The molecule has 11 heavy (non-hydrogen) atoms. The molecule has 0 atom stereocenters. The van der Waals surface area contributed by atoms with Gasteiger partial charge in [-0.05, 0) is 34.1 Å². The van der Waals surface area contributed by atoms with E-state index in [1.54, 1.807) is 6.07 Å². The van der Waals surface area contributed by atoms with Crippen LogP contribution in [0.15, 0.2) is 22.7 Å². The Morgan fingerprint density at radius 2 is 2.18 bits per heavy atom. The summed E-state index contributed by atoms with van der Waals surface area (Å²) in [6.45, 7) is 0. The van der Waals surface area contributed by atoms with E-state index in [4.69, 9.17) is 18.0 Å². The molecule has 0 aromatic heterocycles. The fraction of sp³-hybridized carbons (Fsp3) is 0. The summed E-state index contributed by atoms with van der Waals surface area (Å²) in [5, 5.41) is 0. The van der Waals surface area contributed by atoms with Crippen LogP contribution in [0.1, 0.15) is 5.56 Å². The lowest BCUT2D eigenvalue weighted by molar-refractivity contribution is 0.627. The second-order valence-corrected chi connectivity index (χ2v) is 3.28. The number of hydrogen-bond acceptors (Lipinski definition) is 1. The van der Waals surface area contributed by atoms with Gasteiger partial charge in [0.05, 0.1) is 0 Å². The molecule has 0 unspecified atom stereocenters. The minimum Gasteiger partial charge on any atom is -0.389 e. The van der Waals surface area contributed by atoms with E-state index in [-0.39, 0.29) is 10.8 Å². The van der Waals surface area contributed by atoms with Gasteiger partial charge in [-0.3, -0.25) is 0 Å². The topological polar surface area (TPSA) is 26.0 Å². The summed E-state index contributed by atoms with van der Waals surface area (Å²) in [6, 6.07) is 4.19. The van der Waals surface area contributed by atoms with Gasteiger partial charge in [-0.15, -0.1) is 0 Å². The normalized spacial score (nSPS) is 9.64. The van der Waals surface area contributed by atoms with Crippen LogP contribution >= 0.6 is 28.1 Å². The summed E-state index contributed by atoms with van der Waals surface area (Å²) in [6.07, 6.45) is 0. The van der Waals surface area contributed by atoms with Gasteiger partial charge in [0.1, 0.15) is 10.8 Å². The first-order valence-corrected chi connectivity index (χ1v) is 4.06. The van der Waals surface area contributed by atoms with Crippen LogP contribution in [0.4, 0.5) is 4.39 Å². The van der Waals surface area contributed by atoms with Gasteiger partial charge in [0.15, 0.2) is 0 Å². The third kappa shape index (κ3) is 1.97. The van der Waals surface area contributed by atoms with Crippen molar-refractivity contribution in [1.29, 1.82) is 0 Å². The molecule has 0 amide bonds. The minimum atomic E-state index is -0.308. The van der Waals surface area contributed by atoms with Gasteiger partial charge in [-0.2, -0.15) is 0 Å². The maximum absolute atomic E-state index is 12.5. The standard InChI is InChI=1S/C7H5BrFNS/c8-6-3-4(9)1-2-5(6)7(10)11/h1-3H,(H2,10,11). The van der Waals surface area contributed by atoms with Gasteiger partial charge >= 0.3 is 0 Å². The molecule has 1 aromatic carbocycles. The second kappa shape index (κ2) is 3.28. The highest BCUT2D eigenvalue weighted by molar-refractivity contribution is 9.10. The summed E-state index contributed by atoms with van der Waals surface area (Å²) in [5.41, 5.74) is 6.00. The Hall–Kier alpha value is -0.480. The van der Waals surface area contributed by atoms with Crippen molar-refractivity contribution < 1.29 is 4.39 Å². The van der Waals surface area contributed by atoms with Crippen LogP contribution in [0.25, 0.3) is 0 Å². The van der Waals surface area contributed by atoms with Crippen molar-refractivity contribution in [2.75, 3.05) is 0 Å². The number of nitrogens with two attached hydrogens (primary N) is 1. The number of benzene rings is 1. The van der Waals surface area contributed by atoms with Crippen LogP contribution in [-0.4, -0.2) is 4.99 Å². The van der Waals surface area contributed by atoms with Crippen LogP contribution in [-0.2, 0) is 0 Å². The van der Waals surface area contributed by atoms with Gasteiger partial charge < -0.3 is 5.73 Å². The minimum absolute atomic E-state index is 0.261. The molecule has 0 fully saturated rings. The monoisotopic (exact) mass is 233 g/mol.